The van der Waals surface area contributed by atoms with E-state index in [1.165, 1.54) is 0 Å². The Kier molecular flexibility index (Phi) is 4.33. The average Bonchev–Trinajstić information content (AvgIpc) is 3.12. The lowest BCUT2D eigenvalue weighted by molar-refractivity contribution is 0.0651. The van der Waals surface area contributed by atoms with Gasteiger partial charge in [-0.3, -0.25) is 9.59 Å². The lowest BCUT2D eigenvalue weighted by atomic mass is 9.88. The molecule has 1 aromatic heterocycles. The standard InChI is InChI=1S/C22H22N2O2/c1-15-6-8-17(9-7-15)22(26)24-12-10-16(11-13-24)21(25)19-14-23-20-5-3-2-4-18(19)20/h2-9,14,16,23H,10-13H2,1H3. The van der Waals surface area contributed by atoms with Crippen molar-refractivity contribution in [1.29, 1.82) is 0 Å². The van der Waals surface area contributed by atoms with E-state index in [2.05, 4.69) is 4.98 Å². The number of benzene rings is 2. The summed E-state index contributed by atoms with van der Waals surface area (Å²) in [5.41, 5.74) is 3.62. The summed E-state index contributed by atoms with van der Waals surface area (Å²) in [7, 11) is 0. The zero-order valence-corrected chi connectivity index (χ0v) is 14.9. The van der Waals surface area contributed by atoms with Crippen molar-refractivity contribution in [3.05, 3.63) is 71.4 Å². The molecular formula is C22H22N2O2. The summed E-state index contributed by atoms with van der Waals surface area (Å²) < 4.78 is 0. The fraction of sp³-hybridized carbons (Fsp3) is 0.273. The molecule has 0 spiro atoms. The number of aryl methyl sites for hydroxylation is 1. The molecule has 0 atom stereocenters. The maximum absolute atomic E-state index is 12.9. The van der Waals surface area contributed by atoms with Crippen molar-refractivity contribution < 1.29 is 9.59 Å². The van der Waals surface area contributed by atoms with Gasteiger partial charge in [-0.2, -0.15) is 0 Å². The normalized spacial score (nSPS) is 15.3. The highest BCUT2D eigenvalue weighted by Gasteiger charge is 2.29. The van der Waals surface area contributed by atoms with Gasteiger partial charge in [0.1, 0.15) is 0 Å². The molecule has 1 aliphatic rings. The van der Waals surface area contributed by atoms with Crippen LogP contribution in [0.3, 0.4) is 0 Å². The van der Waals surface area contributed by atoms with Crippen LogP contribution in [-0.4, -0.2) is 34.7 Å². The topological polar surface area (TPSA) is 53.2 Å². The lowest BCUT2D eigenvalue weighted by Gasteiger charge is -2.31. The number of carbonyl (C=O) groups is 2. The maximum atomic E-state index is 12.9. The third-order valence-electron chi connectivity index (χ3n) is 5.31. The fourth-order valence-corrected chi connectivity index (χ4v) is 3.72. The summed E-state index contributed by atoms with van der Waals surface area (Å²) in [5.74, 6) is 0.226. The van der Waals surface area contributed by atoms with Gasteiger partial charge in [-0.05, 0) is 38.0 Å². The summed E-state index contributed by atoms with van der Waals surface area (Å²) in [6.45, 7) is 3.27. The van der Waals surface area contributed by atoms with E-state index >= 15 is 0 Å². The van der Waals surface area contributed by atoms with Crippen molar-refractivity contribution in [3.63, 3.8) is 0 Å². The van der Waals surface area contributed by atoms with Gasteiger partial charge in [-0.25, -0.2) is 0 Å². The summed E-state index contributed by atoms with van der Waals surface area (Å²) in [6.07, 6.45) is 3.25. The second-order valence-corrected chi connectivity index (χ2v) is 7.04. The number of hydrogen-bond donors (Lipinski definition) is 1. The number of aromatic amines is 1. The number of carbonyl (C=O) groups excluding carboxylic acids is 2. The molecule has 3 aromatic rings. The van der Waals surface area contributed by atoms with Crippen molar-refractivity contribution in [2.45, 2.75) is 19.8 Å². The quantitative estimate of drug-likeness (QED) is 0.722. The highest BCUT2D eigenvalue weighted by molar-refractivity contribution is 6.09. The molecule has 1 aliphatic heterocycles. The molecule has 4 nitrogen and oxygen atoms in total. The average molecular weight is 346 g/mol. The molecule has 0 unspecified atom stereocenters. The van der Waals surface area contributed by atoms with Gasteiger partial charge in [0.2, 0.25) is 0 Å². The van der Waals surface area contributed by atoms with Crippen LogP contribution in [0.25, 0.3) is 10.9 Å². The van der Waals surface area contributed by atoms with Crippen molar-refractivity contribution in [3.8, 4) is 0 Å². The molecule has 132 valence electrons. The predicted octanol–water partition coefficient (Wildman–Crippen LogP) is 4.21. The minimum atomic E-state index is -0.0173. The van der Waals surface area contributed by atoms with E-state index in [1.54, 1.807) is 0 Å². The van der Waals surface area contributed by atoms with Crippen molar-refractivity contribution >= 4 is 22.6 Å². The van der Waals surface area contributed by atoms with E-state index in [0.717, 1.165) is 40.4 Å². The molecule has 1 N–H and O–H groups in total. The molecular weight excluding hydrogens is 324 g/mol. The number of hydrogen-bond acceptors (Lipinski definition) is 2. The van der Waals surface area contributed by atoms with E-state index < -0.39 is 0 Å². The second-order valence-electron chi connectivity index (χ2n) is 7.04. The number of amides is 1. The molecule has 0 aliphatic carbocycles. The minimum absolute atomic E-state index is 0.0173. The Hall–Kier alpha value is -2.88. The predicted molar refractivity (Wildman–Crippen MR) is 102 cm³/mol. The number of fused-ring (bicyclic) bond motifs is 1. The molecule has 2 aromatic carbocycles. The molecule has 0 saturated carbocycles. The van der Waals surface area contributed by atoms with Crippen molar-refractivity contribution in [2.75, 3.05) is 13.1 Å². The van der Waals surface area contributed by atoms with Gasteiger partial charge in [-0.15, -0.1) is 0 Å². The summed E-state index contributed by atoms with van der Waals surface area (Å²) in [4.78, 5) is 30.6. The maximum Gasteiger partial charge on any atom is 0.253 e. The van der Waals surface area contributed by atoms with E-state index in [9.17, 15) is 9.59 Å². The summed E-state index contributed by atoms with van der Waals surface area (Å²) in [5, 5.41) is 0.982. The van der Waals surface area contributed by atoms with Crippen LogP contribution < -0.4 is 0 Å². The Labute approximate surface area is 152 Å². The SMILES string of the molecule is Cc1ccc(C(=O)N2CCC(C(=O)c3c[nH]c4ccccc34)CC2)cc1. The number of nitrogens with zero attached hydrogens (tertiary/aromatic N) is 1. The zero-order valence-electron chi connectivity index (χ0n) is 14.9. The molecule has 4 heteroatoms. The third-order valence-corrected chi connectivity index (χ3v) is 5.31. The van der Waals surface area contributed by atoms with E-state index in [0.29, 0.717) is 13.1 Å². The van der Waals surface area contributed by atoms with E-state index in [4.69, 9.17) is 0 Å². The summed E-state index contributed by atoms with van der Waals surface area (Å²) >= 11 is 0. The lowest BCUT2D eigenvalue weighted by Crippen LogP contribution is -2.40. The second kappa shape index (κ2) is 6.79. The van der Waals surface area contributed by atoms with Gasteiger partial charge < -0.3 is 9.88 Å². The monoisotopic (exact) mass is 346 g/mol. The first kappa shape index (κ1) is 16.6. The zero-order chi connectivity index (χ0) is 18.1. The first-order valence-corrected chi connectivity index (χ1v) is 9.10. The molecule has 1 saturated heterocycles. The van der Waals surface area contributed by atoms with Crippen molar-refractivity contribution in [1.82, 2.24) is 9.88 Å². The van der Waals surface area contributed by atoms with Crippen LogP contribution >= 0.6 is 0 Å². The molecule has 0 bridgehead atoms. The van der Waals surface area contributed by atoms with E-state index in [1.807, 2.05) is 66.6 Å². The van der Waals surface area contributed by atoms with Crippen LogP contribution in [0.1, 0.15) is 39.1 Å². The highest BCUT2D eigenvalue weighted by Crippen LogP contribution is 2.27. The Morgan fingerprint density at radius 3 is 2.42 bits per heavy atom. The van der Waals surface area contributed by atoms with Gasteiger partial charge in [0.25, 0.3) is 5.91 Å². The highest BCUT2D eigenvalue weighted by atomic mass is 16.2. The van der Waals surface area contributed by atoms with Gasteiger partial charge in [0.05, 0.1) is 0 Å². The van der Waals surface area contributed by atoms with Crippen LogP contribution in [0.15, 0.2) is 54.7 Å². The van der Waals surface area contributed by atoms with Crippen LogP contribution in [0.4, 0.5) is 0 Å². The number of aromatic nitrogens is 1. The molecule has 1 fully saturated rings. The smallest absolute Gasteiger partial charge is 0.253 e. The Morgan fingerprint density at radius 2 is 1.69 bits per heavy atom. The first-order valence-electron chi connectivity index (χ1n) is 9.10. The number of para-hydroxylation sites is 1. The number of Topliss-reactive ketones (excluding diaryl/α,β-unsaturated/α-hetero) is 1. The number of piperidine rings is 1. The van der Waals surface area contributed by atoms with E-state index in [-0.39, 0.29) is 17.6 Å². The number of rotatable bonds is 3. The van der Waals surface area contributed by atoms with Crippen LogP contribution in [0.2, 0.25) is 0 Å². The number of nitrogens with one attached hydrogen (secondary N) is 1. The largest absolute Gasteiger partial charge is 0.360 e. The third kappa shape index (κ3) is 3.03. The molecule has 1 amide bonds. The fourth-order valence-electron chi connectivity index (χ4n) is 3.72. The number of ketones is 1. The van der Waals surface area contributed by atoms with Crippen LogP contribution in [0, 0.1) is 12.8 Å². The molecule has 2 heterocycles. The number of likely N-dealkylation sites (tertiary alicyclic amines) is 1. The van der Waals surface area contributed by atoms with Crippen LogP contribution in [0.5, 0.6) is 0 Å². The van der Waals surface area contributed by atoms with Gasteiger partial charge >= 0.3 is 0 Å². The molecule has 26 heavy (non-hydrogen) atoms. The van der Waals surface area contributed by atoms with Gasteiger partial charge in [0.15, 0.2) is 5.78 Å². The minimum Gasteiger partial charge on any atom is -0.360 e. The Balaban J connectivity index is 1.44. The van der Waals surface area contributed by atoms with Gasteiger partial charge in [0, 0.05) is 47.2 Å². The van der Waals surface area contributed by atoms with Gasteiger partial charge in [-0.1, -0.05) is 35.9 Å². The van der Waals surface area contributed by atoms with Crippen molar-refractivity contribution in [2.24, 2.45) is 5.92 Å². The first-order chi connectivity index (χ1) is 12.6. The summed E-state index contributed by atoms with van der Waals surface area (Å²) in [6, 6.07) is 15.5. The Bertz CT molecular complexity index is 948. The van der Waals surface area contributed by atoms with Crippen LogP contribution in [-0.2, 0) is 0 Å². The molecule has 4 rings (SSSR count). The molecule has 0 radical (unpaired) electrons. The number of H-pyrrole nitrogens is 1. The Morgan fingerprint density at radius 1 is 1.00 bits per heavy atom.